The third kappa shape index (κ3) is 11.8. The third-order valence-electron chi connectivity index (χ3n) is 15.3. The zero-order chi connectivity index (χ0) is 54.1. The molecule has 8 heterocycles. The molecule has 6 aliphatic rings. The number of aliphatic hydroxyl groups excluding tert-OH is 4. The number of halogens is 2. The molecule has 6 aliphatic heterocycles. The molecule has 0 unspecified atom stereocenters. The summed E-state index contributed by atoms with van der Waals surface area (Å²) in [5.41, 5.74) is 13.0. The number of rotatable bonds is 11. The fraction of sp³-hybridized carbons (Fsp3) is 0.350. The van der Waals surface area contributed by atoms with Crippen molar-refractivity contribution in [2.45, 2.75) is 80.4 Å². The minimum absolute atomic E-state index is 0.0648. The number of aldehydes is 1. The van der Waals surface area contributed by atoms with Gasteiger partial charge in [-0.3, -0.25) is 9.69 Å². The van der Waals surface area contributed by atoms with Crippen LogP contribution in [0, 0.1) is 0 Å². The van der Waals surface area contributed by atoms with Gasteiger partial charge in [-0.05, 0) is 82.6 Å². The van der Waals surface area contributed by atoms with Gasteiger partial charge in [0.1, 0.15) is 42.9 Å². The zero-order valence-corrected chi connectivity index (χ0v) is 44.4. The summed E-state index contributed by atoms with van der Waals surface area (Å²) in [6.07, 6.45) is -0.897. The summed E-state index contributed by atoms with van der Waals surface area (Å²) in [4.78, 5) is 28.7. The number of β-amino-alcohol motifs (C(OH)–C–C–N with tert-alkyl or cyclic N) is 2. The van der Waals surface area contributed by atoms with Crippen LogP contribution in [0.2, 0.25) is 10.0 Å². The number of likely N-dealkylation sites (tertiary alicyclic amines) is 1. The number of fused-ring (bicyclic) bond motifs is 4. The lowest BCUT2D eigenvalue weighted by molar-refractivity contribution is 0.00704. The number of benzene rings is 6. The van der Waals surface area contributed by atoms with E-state index in [1.807, 2.05) is 60.7 Å². The van der Waals surface area contributed by atoms with Crippen LogP contribution in [-0.4, -0.2) is 165 Å². The van der Waals surface area contributed by atoms with Crippen molar-refractivity contribution in [3.05, 3.63) is 142 Å². The van der Waals surface area contributed by atoms with E-state index in [-0.39, 0.29) is 62.0 Å². The normalized spacial score (nSPS) is 26.2. The van der Waals surface area contributed by atoms with Crippen LogP contribution in [0.15, 0.2) is 121 Å². The summed E-state index contributed by atoms with van der Waals surface area (Å²) < 4.78 is 34.6. The van der Waals surface area contributed by atoms with Gasteiger partial charge in [0.05, 0.1) is 70.7 Å². The molecule has 2 aromatic heterocycles. The highest BCUT2D eigenvalue weighted by Crippen LogP contribution is 2.38. The molecule has 17 nitrogen and oxygen atoms in total. The van der Waals surface area contributed by atoms with Gasteiger partial charge in [0, 0.05) is 42.9 Å². The van der Waals surface area contributed by atoms with Gasteiger partial charge < -0.3 is 64.1 Å². The first-order valence-corrected chi connectivity index (χ1v) is 27.4. The van der Waals surface area contributed by atoms with Crippen LogP contribution in [0.3, 0.4) is 0 Å². The van der Waals surface area contributed by atoms with E-state index in [0.29, 0.717) is 40.8 Å². The Hall–Kier alpha value is -6.29. The Labute approximate surface area is 465 Å². The Morgan fingerprint density at radius 3 is 1.44 bits per heavy atom. The number of carbonyl (C=O) groups excluding carboxylic acids is 1. The summed E-state index contributed by atoms with van der Waals surface area (Å²) in [7, 11) is 0. The van der Waals surface area contributed by atoms with Crippen LogP contribution in [0.5, 0.6) is 12.0 Å². The van der Waals surface area contributed by atoms with Crippen LogP contribution in [-0.2, 0) is 25.5 Å². The molecule has 410 valence electrons. The number of ether oxygens (including phenoxy) is 6. The summed E-state index contributed by atoms with van der Waals surface area (Å²) >= 11 is 13.3. The lowest BCUT2D eigenvalue weighted by Gasteiger charge is -2.15. The van der Waals surface area contributed by atoms with E-state index in [0.717, 1.165) is 118 Å². The van der Waals surface area contributed by atoms with Gasteiger partial charge >= 0.3 is 0 Å². The molecule has 7 N–H and O–H groups in total. The maximum atomic E-state index is 10.9. The van der Waals surface area contributed by atoms with Gasteiger partial charge in [-0.25, -0.2) is 0 Å². The van der Waals surface area contributed by atoms with E-state index >= 15 is 0 Å². The zero-order valence-electron chi connectivity index (χ0n) is 42.9. The topological polar surface area (TPSA) is 226 Å². The van der Waals surface area contributed by atoms with Crippen LogP contribution in [0.25, 0.3) is 66.6 Å². The number of nitrogens with one attached hydrogen (secondary N) is 3. The molecule has 6 saturated heterocycles. The number of imidazole rings is 2. The number of H-pyrrole nitrogens is 2. The maximum Gasteiger partial charge on any atom is 0.295 e. The molecule has 8 aromatic rings. The molecule has 0 bridgehead atoms. The predicted octanol–water partition coefficient (Wildman–Crippen LogP) is 7.63. The molecule has 0 aliphatic carbocycles. The average Bonchev–Trinajstić information content (AvgIpc) is 4.39. The van der Waals surface area contributed by atoms with E-state index < -0.39 is 12.2 Å². The van der Waals surface area contributed by atoms with E-state index in [1.165, 1.54) is 5.56 Å². The van der Waals surface area contributed by atoms with Crippen molar-refractivity contribution in [1.82, 2.24) is 30.2 Å². The minimum Gasteiger partial charge on any atom is -0.456 e. The Morgan fingerprint density at radius 1 is 0.570 bits per heavy atom. The molecule has 0 amide bonds. The van der Waals surface area contributed by atoms with Crippen molar-refractivity contribution in [3.8, 4) is 56.5 Å². The van der Waals surface area contributed by atoms with E-state index in [9.17, 15) is 20.1 Å². The molecule has 6 aromatic carbocycles. The monoisotopic (exact) mass is 1110 g/mol. The van der Waals surface area contributed by atoms with Gasteiger partial charge in [0.2, 0.25) is 0 Å². The SMILES string of the molecule is O=Cc1ccc(-c2ccc(-c3cc4nc(O[C@@H]5CO[C@H]6[C@@H]5OC[C@H]6O)[nH]c4cc3Cl)cc2)cc1.O[C@@H]1CCN(Cc2ccc(-c3ccc(-c4cc5nc(O[C@@H]6CO[C@H]7[C@@H]6OC[C@H]7O)[nH]c5cc4Cl)cc3)cc2)C1.O[C@@H]1CCNC1. The fourth-order valence-electron chi connectivity index (χ4n) is 11.0. The number of hydrogen-bond acceptors (Lipinski definition) is 15. The second-order valence-electron chi connectivity index (χ2n) is 20.8. The number of hydrogen-bond donors (Lipinski definition) is 7. The molecular weight excluding hydrogens is 1050 g/mol. The molecule has 19 heteroatoms. The van der Waals surface area contributed by atoms with Gasteiger partial charge in [-0.15, -0.1) is 0 Å². The van der Waals surface area contributed by atoms with Crippen LogP contribution >= 0.6 is 23.2 Å². The van der Waals surface area contributed by atoms with Gasteiger partial charge in [0.25, 0.3) is 12.0 Å². The van der Waals surface area contributed by atoms with Crippen molar-refractivity contribution in [2.24, 2.45) is 0 Å². The largest absolute Gasteiger partial charge is 0.456 e. The second-order valence-corrected chi connectivity index (χ2v) is 21.7. The fourth-order valence-corrected chi connectivity index (χ4v) is 11.6. The van der Waals surface area contributed by atoms with Crippen LogP contribution < -0.4 is 14.8 Å². The summed E-state index contributed by atoms with van der Waals surface area (Å²) in [5, 5.41) is 42.5. The Bertz CT molecular complexity index is 3390. The lowest BCUT2D eigenvalue weighted by atomic mass is 9.99. The summed E-state index contributed by atoms with van der Waals surface area (Å²) in [6, 6.07) is 40.8. The quantitative estimate of drug-likeness (QED) is 0.0618. The predicted molar refractivity (Wildman–Crippen MR) is 299 cm³/mol. The highest BCUT2D eigenvalue weighted by Gasteiger charge is 2.50. The van der Waals surface area contributed by atoms with E-state index in [4.69, 9.17) is 56.7 Å². The van der Waals surface area contributed by atoms with Crippen molar-refractivity contribution in [1.29, 1.82) is 0 Å². The smallest absolute Gasteiger partial charge is 0.295 e. The first-order valence-electron chi connectivity index (χ1n) is 26.7. The highest BCUT2D eigenvalue weighted by molar-refractivity contribution is 6.34. The van der Waals surface area contributed by atoms with Gasteiger partial charge in [0.15, 0.2) is 12.2 Å². The number of nitrogens with zero attached hydrogens (tertiary/aromatic N) is 3. The highest BCUT2D eigenvalue weighted by atomic mass is 35.5. The Balaban J connectivity index is 0.000000144. The summed E-state index contributed by atoms with van der Waals surface area (Å²) in [5.74, 6) is 0. The van der Waals surface area contributed by atoms with Crippen molar-refractivity contribution >= 4 is 51.6 Å². The van der Waals surface area contributed by atoms with Crippen LogP contribution in [0.4, 0.5) is 0 Å². The molecule has 14 rings (SSSR count). The number of aromatic amines is 2. The lowest BCUT2D eigenvalue weighted by Crippen LogP contribution is -2.34. The summed E-state index contributed by atoms with van der Waals surface area (Å²) in [6.45, 7) is 5.51. The van der Waals surface area contributed by atoms with Gasteiger partial charge in [-0.1, -0.05) is 120 Å². The number of aromatic nitrogens is 4. The third-order valence-corrected chi connectivity index (χ3v) is 16.0. The average molecular weight is 1110 g/mol. The van der Waals surface area contributed by atoms with E-state index in [2.05, 4.69) is 78.7 Å². The van der Waals surface area contributed by atoms with Crippen molar-refractivity contribution in [3.63, 3.8) is 0 Å². The number of carbonyl (C=O) groups is 1. The molecule has 0 radical (unpaired) electrons. The van der Waals surface area contributed by atoms with Crippen molar-refractivity contribution in [2.75, 3.05) is 52.6 Å². The molecule has 0 spiro atoms. The molecular formula is C60H60Cl2N6O11. The molecule has 10 atom stereocenters. The Kier molecular flexibility index (Phi) is 15.8. The van der Waals surface area contributed by atoms with Crippen molar-refractivity contribution < 1.29 is 53.6 Å². The van der Waals surface area contributed by atoms with E-state index in [1.54, 1.807) is 12.1 Å². The minimum atomic E-state index is -0.627. The second kappa shape index (κ2) is 23.4. The molecule has 0 saturated carbocycles. The molecule has 79 heavy (non-hydrogen) atoms. The molecule has 6 fully saturated rings. The van der Waals surface area contributed by atoms with Crippen LogP contribution in [0.1, 0.15) is 28.8 Å². The standard InChI is InChI=1S/C30H30ClN3O5.C26H21ClN2O5.C4H9NO/c31-23-12-25-24(32-30(33-25)39-27-16-38-28-26(36)15-37-29(27)28)11-22(23)20-7-5-19(6-8-20)18-3-1-17(2-4-18)13-34-10-9-21(35)14-34;27-19-10-21-20(28-26(29-21)34-23-13-33-24-22(31)12-32-25(23)24)9-18(19)17-7-5-16(6-8-17)15-3-1-14(11-30)2-4-15;6-4-1-2-5-3-4/h1-8,11-12,21,26-29,35-36H,9-10,13-16H2,(H,32,33);1-11,22-25,31H,12-13H2,(H,28,29);4-6H,1-3H2/t21-,26-,27-,28-,29-;22-,23-,24-,25-;4-/m111/s1. The number of aliphatic hydroxyl groups is 4. The Morgan fingerprint density at radius 2 is 1.03 bits per heavy atom. The first-order chi connectivity index (χ1) is 38.5. The first kappa shape index (κ1) is 53.4. The maximum absolute atomic E-state index is 10.9. The van der Waals surface area contributed by atoms with Gasteiger partial charge in [-0.2, -0.15) is 9.97 Å².